The molecule has 0 amide bonds. The van der Waals surface area contributed by atoms with Gasteiger partial charge in [-0.15, -0.1) is 0 Å². The third-order valence-corrected chi connectivity index (χ3v) is 4.22. The second-order valence-corrected chi connectivity index (χ2v) is 6.05. The van der Waals surface area contributed by atoms with E-state index in [4.69, 9.17) is 9.84 Å². The summed E-state index contributed by atoms with van der Waals surface area (Å²) in [6.07, 6.45) is 5.30. The van der Waals surface area contributed by atoms with Crippen molar-refractivity contribution in [3.63, 3.8) is 0 Å². The smallest absolute Gasteiger partial charge is 0.303 e. The molecule has 3 rings (SSSR count). The molecular formula is C17H21NO3. The summed E-state index contributed by atoms with van der Waals surface area (Å²) in [6.45, 7) is 3.58. The van der Waals surface area contributed by atoms with Crippen LogP contribution in [0.1, 0.15) is 32.6 Å². The Kier molecular flexibility index (Phi) is 3.62. The molecule has 0 unspecified atom stereocenters. The maximum atomic E-state index is 11.0. The number of carbonyl (C=O) groups is 1. The van der Waals surface area contributed by atoms with Crippen LogP contribution in [-0.4, -0.2) is 22.2 Å². The van der Waals surface area contributed by atoms with Crippen LogP contribution in [0.2, 0.25) is 0 Å². The number of nitrogens with zero attached hydrogens (tertiary/aromatic N) is 1. The molecule has 1 N–H and O–H groups in total. The van der Waals surface area contributed by atoms with E-state index in [0.29, 0.717) is 6.61 Å². The second-order valence-electron chi connectivity index (χ2n) is 6.05. The zero-order valence-electron chi connectivity index (χ0n) is 12.3. The Hall–Kier alpha value is -1.97. The fourth-order valence-electron chi connectivity index (χ4n) is 2.92. The van der Waals surface area contributed by atoms with E-state index in [9.17, 15) is 4.79 Å². The predicted molar refractivity (Wildman–Crippen MR) is 81.6 cm³/mol. The molecular weight excluding hydrogens is 266 g/mol. The molecule has 112 valence electrons. The number of hydrogen-bond acceptors (Lipinski definition) is 2. The molecule has 0 atom stereocenters. The van der Waals surface area contributed by atoms with Crippen LogP contribution in [-0.2, 0) is 11.3 Å². The lowest BCUT2D eigenvalue weighted by Crippen LogP contribution is -2.15. The van der Waals surface area contributed by atoms with Crippen LogP contribution in [0.3, 0.4) is 0 Å². The average molecular weight is 287 g/mol. The Bertz CT molecular complexity index is 655. The molecule has 1 aromatic heterocycles. The summed E-state index contributed by atoms with van der Waals surface area (Å²) in [5.74, 6) is 0.215. The molecule has 0 radical (unpaired) electrons. The first kappa shape index (κ1) is 14.0. The van der Waals surface area contributed by atoms with Gasteiger partial charge in [0.1, 0.15) is 5.75 Å². The monoisotopic (exact) mass is 287 g/mol. The molecule has 1 aliphatic rings. The Morgan fingerprint density at radius 1 is 1.38 bits per heavy atom. The van der Waals surface area contributed by atoms with Crippen LogP contribution in [0.4, 0.5) is 0 Å². The van der Waals surface area contributed by atoms with E-state index in [1.54, 1.807) is 0 Å². The Balaban J connectivity index is 1.85. The number of fused-ring (bicyclic) bond motifs is 1. The SMILES string of the molecule is CCCOc1cccc2c1ccn2CC1(CC(=O)O)CC1. The first-order chi connectivity index (χ1) is 10.1. The molecule has 1 aromatic carbocycles. The fourth-order valence-corrected chi connectivity index (χ4v) is 2.92. The molecule has 1 fully saturated rings. The molecule has 4 nitrogen and oxygen atoms in total. The van der Waals surface area contributed by atoms with Crippen molar-refractivity contribution in [3.8, 4) is 5.75 Å². The fraction of sp³-hybridized carbons (Fsp3) is 0.471. The maximum absolute atomic E-state index is 11.0. The highest BCUT2D eigenvalue weighted by Crippen LogP contribution is 2.50. The van der Waals surface area contributed by atoms with Crippen LogP contribution >= 0.6 is 0 Å². The van der Waals surface area contributed by atoms with Gasteiger partial charge in [0, 0.05) is 18.1 Å². The van der Waals surface area contributed by atoms with Gasteiger partial charge in [0.25, 0.3) is 0 Å². The summed E-state index contributed by atoms with van der Waals surface area (Å²) in [5, 5.41) is 10.2. The van der Waals surface area contributed by atoms with Gasteiger partial charge >= 0.3 is 5.97 Å². The van der Waals surface area contributed by atoms with Gasteiger partial charge < -0.3 is 14.4 Å². The van der Waals surface area contributed by atoms with Crippen LogP contribution in [0, 0.1) is 5.41 Å². The van der Waals surface area contributed by atoms with Crippen molar-refractivity contribution < 1.29 is 14.6 Å². The van der Waals surface area contributed by atoms with Crippen molar-refractivity contribution in [1.82, 2.24) is 4.57 Å². The summed E-state index contributed by atoms with van der Waals surface area (Å²) in [6, 6.07) is 8.13. The maximum Gasteiger partial charge on any atom is 0.303 e. The number of carboxylic acids is 1. The highest BCUT2D eigenvalue weighted by Gasteiger charge is 2.44. The van der Waals surface area contributed by atoms with Gasteiger partial charge in [0.2, 0.25) is 0 Å². The highest BCUT2D eigenvalue weighted by molar-refractivity contribution is 5.86. The zero-order valence-corrected chi connectivity index (χ0v) is 12.3. The van der Waals surface area contributed by atoms with Crippen molar-refractivity contribution in [3.05, 3.63) is 30.5 Å². The minimum Gasteiger partial charge on any atom is -0.493 e. The lowest BCUT2D eigenvalue weighted by atomic mass is 10.0. The number of benzene rings is 1. The molecule has 1 aliphatic carbocycles. The van der Waals surface area contributed by atoms with Gasteiger partial charge in [-0.3, -0.25) is 4.79 Å². The zero-order chi connectivity index (χ0) is 14.9. The summed E-state index contributed by atoms with van der Waals surface area (Å²) >= 11 is 0. The third kappa shape index (κ3) is 2.89. The number of hydrogen-bond donors (Lipinski definition) is 1. The van der Waals surface area contributed by atoms with Gasteiger partial charge in [0.15, 0.2) is 0 Å². The lowest BCUT2D eigenvalue weighted by Gasteiger charge is -2.15. The van der Waals surface area contributed by atoms with E-state index in [0.717, 1.165) is 42.5 Å². The first-order valence-corrected chi connectivity index (χ1v) is 7.56. The molecule has 0 bridgehead atoms. The predicted octanol–water partition coefficient (Wildman–Crippen LogP) is 3.69. The molecule has 1 heterocycles. The largest absolute Gasteiger partial charge is 0.493 e. The van der Waals surface area contributed by atoms with Gasteiger partial charge in [-0.25, -0.2) is 0 Å². The normalized spacial score (nSPS) is 16.0. The second kappa shape index (κ2) is 5.43. The molecule has 0 saturated heterocycles. The van der Waals surface area contributed by atoms with Crippen LogP contribution in [0.5, 0.6) is 5.75 Å². The number of ether oxygens (including phenoxy) is 1. The van der Waals surface area contributed by atoms with Gasteiger partial charge in [-0.1, -0.05) is 13.0 Å². The molecule has 0 aliphatic heterocycles. The standard InChI is InChI=1S/C17H21NO3/c1-2-10-21-15-5-3-4-14-13(15)6-9-18(14)12-17(7-8-17)11-16(19)20/h3-6,9H,2,7-8,10-12H2,1H3,(H,19,20). The van der Waals surface area contributed by atoms with E-state index in [1.807, 2.05) is 18.3 Å². The van der Waals surface area contributed by atoms with Crippen LogP contribution in [0.25, 0.3) is 10.9 Å². The van der Waals surface area contributed by atoms with Crippen molar-refractivity contribution in [1.29, 1.82) is 0 Å². The molecule has 2 aromatic rings. The lowest BCUT2D eigenvalue weighted by molar-refractivity contribution is -0.138. The molecule has 4 heteroatoms. The molecule has 1 saturated carbocycles. The van der Waals surface area contributed by atoms with E-state index < -0.39 is 5.97 Å². The van der Waals surface area contributed by atoms with Gasteiger partial charge in [0.05, 0.1) is 18.5 Å². The first-order valence-electron chi connectivity index (χ1n) is 7.56. The minimum atomic E-state index is -0.698. The quantitative estimate of drug-likeness (QED) is 0.845. The van der Waals surface area contributed by atoms with E-state index in [-0.39, 0.29) is 11.8 Å². The van der Waals surface area contributed by atoms with E-state index in [1.165, 1.54) is 0 Å². The van der Waals surface area contributed by atoms with Crippen molar-refractivity contribution in [2.45, 2.75) is 39.2 Å². The minimum absolute atomic E-state index is 0.0436. The summed E-state index contributed by atoms with van der Waals surface area (Å²) < 4.78 is 7.96. The van der Waals surface area contributed by atoms with Crippen molar-refractivity contribution in [2.75, 3.05) is 6.61 Å². The Labute approximate surface area is 124 Å². The number of aliphatic carboxylic acids is 1. The summed E-state index contributed by atoms with van der Waals surface area (Å²) in [7, 11) is 0. The number of aromatic nitrogens is 1. The third-order valence-electron chi connectivity index (χ3n) is 4.22. The molecule has 0 spiro atoms. The van der Waals surface area contributed by atoms with Crippen LogP contribution in [0.15, 0.2) is 30.5 Å². The number of rotatable bonds is 7. The Morgan fingerprint density at radius 3 is 2.86 bits per heavy atom. The van der Waals surface area contributed by atoms with E-state index >= 15 is 0 Å². The van der Waals surface area contributed by atoms with Gasteiger partial charge in [-0.05, 0) is 42.9 Å². The molecule has 21 heavy (non-hydrogen) atoms. The Morgan fingerprint density at radius 2 is 2.19 bits per heavy atom. The van der Waals surface area contributed by atoms with Crippen molar-refractivity contribution in [2.24, 2.45) is 5.41 Å². The average Bonchev–Trinajstić information content (AvgIpc) is 3.07. The van der Waals surface area contributed by atoms with E-state index in [2.05, 4.69) is 23.6 Å². The van der Waals surface area contributed by atoms with Gasteiger partial charge in [-0.2, -0.15) is 0 Å². The number of carboxylic acid groups (broad SMARTS) is 1. The topological polar surface area (TPSA) is 51.5 Å². The summed E-state index contributed by atoms with van der Waals surface area (Å²) in [4.78, 5) is 11.0. The summed E-state index contributed by atoms with van der Waals surface area (Å²) in [5.41, 5.74) is 1.08. The van der Waals surface area contributed by atoms with Crippen LogP contribution < -0.4 is 4.74 Å². The van der Waals surface area contributed by atoms with Crippen molar-refractivity contribution >= 4 is 16.9 Å². The highest BCUT2D eigenvalue weighted by atomic mass is 16.5.